The molecule has 1 aromatic rings. The normalized spacial score (nSPS) is 11.9. The quantitative estimate of drug-likeness (QED) is 0.762. The van der Waals surface area contributed by atoms with E-state index in [1.807, 2.05) is 24.3 Å². The monoisotopic (exact) mass is 237 g/mol. The zero-order chi connectivity index (χ0) is 12.7. The Bertz CT molecular complexity index is 365. The van der Waals surface area contributed by atoms with Crippen LogP contribution in [0.1, 0.15) is 18.4 Å². The second-order valence-corrected chi connectivity index (χ2v) is 3.93. The number of carbonyl (C=O) groups excluding carboxylic acids is 1. The average molecular weight is 237 g/mol. The molecule has 0 saturated heterocycles. The van der Waals surface area contributed by atoms with E-state index in [-0.39, 0.29) is 12.0 Å². The summed E-state index contributed by atoms with van der Waals surface area (Å²) in [5, 5.41) is 0. The maximum atomic E-state index is 11.0. The predicted molar refractivity (Wildman–Crippen MR) is 65.9 cm³/mol. The molecule has 4 heteroatoms. The van der Waals surface area contributed by atoms with Crippen molar-refractivity contribution in [3.05, 3.63) is 29.8 Å². The van der Waals surface area contributed by atoms with Crippen molar-refractivity contribution < 1.29 is 14.3 Å². The van der Waals surface area contributed by atoms with Crippen LogP contribution in [-0.4, -0.2) is 26.2 Å². The van der Waals surface area contributed by atoms with Crippen LogP contribution in [0.25, 0.3) is 0 Å². The number of benzene rings is 1. The van der Waals surface area contributed by atoms with Crippen LogP contribution in [0.5, 0.6) is 5.75 Å². The van der Waals surface area contributed by atoms with E-state index in [0.717, 1.165) is 17.7 Å². The summed E-state index contributed by atoms with van der Waals surface area (Å²) in [6.45, 7) is 0. The lowest BCUT2D eigenvalue weighted by molar-refractivity contribution is -0.140. The van der Waals surface area contributed by atoms with E-state index in [0.29, 0.717) is 12.8 Å². The van der Waals surface area contributed by atoms with Crippen LogP contribution in [0.3, 0.4) is 0 Å². The molecule has 0 amide bonds. The van der Waals surface area contributed by atoms with E-state index in [1.54, 1.807) is 7.11 Å². The van der Waals surface area contributed by atoms with Gasteiger partial charge in [-0.2, -0.15) is 0 Å². The van der Waals surface area contributed by atoms with Gasteiger partial charge in [-0.05, 0) is 30.5 Å². The molecule has 1 aromatic carbocycles. The van der Waals surface area contributed by atoms with Crippen LogP contribution < -0.4 is 10.5 Å². The van der Waals surface area contributed by atoms with E-state index >= 15 is 0 Å². The first-order chi connectivity index (χ1) is 8.15. The molecule has 94 valence electrons. The molecule has 0 aromatic heterocycles. The molecule has 0 radical (unpaired) electrons. The highest BCUT2D eigenvalue weighted by molar-refractivity contribution is 5.69. The standard InChI is InChI=1S/C13H19NO3/c1-16-12-5-3-4-10(9-12)8-11(14)6-7-13(15)17-2/h3-5,9,11H,6-8,14H2,1-2H3. The molecular weight excluding hydrogens is 218 g/mol. The van der Waals surface area contributed by atoms with Crippen molar-refractivity contribution in [1.29, 1.82) is 0 Å². The molecule has 0 aliphatic heterocycles. The molecule has 0 spiro atoms. The molecule has 0 heterocycles. The number of nitrogens with two attached hydrogens (primary N) is 1. The third-order valence-electron chi connectivity index (χ3n) is 2.58. The number of ether oxygens (including phenoxy) is 2. The van der Waals surface area contributed by atoms with E-state index in [9.17, 15) is 4.79 Å². The van der Waals surface area contributed by atoms with Gasteiger partial charge in [0.1, 0.15) is 5.75 Å². The highest BCUT2D eigenvalue weighted by atomic mass is 16.5. The first-order valence-corrected chi connectivity index (χ1v) is 5.61. The second-order valence-electron chi connectivity index (χ2n) is 3.93. The molecular formula is C13H19NO3. The number of methoxy groups -OCH3 is 2. The molecule has 2 N–H and O–H groups in total. The lowest BCUT2D eigenvalue weighted by Crippen LogP contribution is -2.24. The zero-order valence-corrected chi connectivity index (χ0v) is 10.3. The Kier molecular flexibility index (Phi) is 5.49. The van der Waals surface area contributed by atoms with E-state index in [4.69, 9.17) is 10.5 Å². The topological polar surface area (TPSA) is 61.5 Å². The number of carbonyl (C=O) groups is 1. The Labute approximate surface area is 102 Å². The number of rotatable bonds is 6. The van der Waals surface area contributed by atoms with Crippen molar-refractivity contribution in [3.8, 4) is 5.75 Å². The van der Waals surface area contributed by atoms with Gasteiger partial charge in [-0.3, -0.25) is 4.79 Å². The Morgan fingerprint density at radius 1 is 1.41 bits per heavy atom. The highest BCUT2D eigenvalue weighted by Gasteiger charge is 2.08. The number of hydrogen-bond acceptors (Lipinski definition) is 4. The van der Waals surface area contributed by atoms with E-state index in [2.05, 4.69) is 4.74 Å². The van der Waals surface area contributed by atoms with Crippen molar-refractivity contribution in [3.63, 3.8) is 0 Å². The second kappa shape index (κ2) is 6.91. The molecule has 0 saturated carbocycles. The molecule has 0 fully saturated rings. The summed E-state index contributed by atoms with van der Waals surface area (Å²) in [4.78, 5) is 11.0. The third-order valence-corrected chi connectivity index (χ3v) is 2.58. The summed E-state index contributed by atoms with van der Waals surface area (Å²) >= 11 is 0. The minimum atomic E-state index is -0.217. The predicted octanol–water partition coefficient (Wildman–Crippen LogP) is 1.52. The molecule has 0 bridgehead atoms. The maximum absolute atomic E-state index is 11.0. The molecule has 1 unspecified atom stereocenters. The number of hydrogen-bond donors (Lipinski definition) is 1. The Balaban J connectivity index is 2.44. The van der Waals surface area contributed by atoms with E-state index < -0.39 is 0 Å². The van der Waals surface area contributed by atoms with Gasteiger partial charge in [-0.15, -0.1) is 0 Å². The van der Waals surface area contributed by atoms with Gasteiger partial charge in [-0.1, -0.05) is 12.1 Å². The van der Waals surface area contributed by atoms with Crippen LogP contribution >= 0.6 is 0 Å². The molecule has 1 atom stereocenters. The van der Waals surface area contributed by atoms with Gasteiger partial charge in [0.05, 0.1) is 14.2 Å². The smallest absolute Gasteiger partial charge is 0.305 e. The first-order valence-electron chi connectivity index (χ1n) is 5.61. The van der Waals surface area contributed by atoms with Crippen molar-refractivity contribution in [2.45, 2.75) is 25.3 Å². The van der Waals surface area contributed by atoms with Gasteiger partial charge >= 0.3 is 5.97 Å². The van der Waals surface area contributed by atoms with Crippen LogP contribution in [0.15, 0.2) is 24.3 Å². The SMILES string of the molecule is COC(=O)CCC(N)Cc1cccc(OC)c1. The lowest BCUT2D eigenvalue weighted by atomic mass is 10.0. The van der Waals surface area contributed by atoms with Crippen molar-refractivity contribution in [2.24, 2.45) is 5.73 Å². The van der Waals surface area contributed by atoms with Crippen LogP contribution in [0.4, 0.5) is 0 Å². The third kappa shape index (κ3) is 4.87. The average Bonchev–Trinajstić information content (AvgIpc) is 2.36. The molecule has 0 aliphatic rings. The van der Waals surface area contributed by atoms with Crippen molar-refractivity contribution in [1.82, 2.24) is 0 Å². The van der Waals surface area contributed by atoms with Gasteiger partial charge in [0.15, 0.2) is 0 Å². The first kappa shape index (κ1) is 13.5. The Morgan fingerprint density at radius 3 is 2.82 bits per heavy atom. The largest absolute Gasteiger partial charge is 0.497 e. The molecule has 17 heavy (non-hydrogen) atoms. The fourth-order valence-corrected chi connectivity index (χ4v) is 1.61. The Hall–Kier alpha value is -1.55. The fourth-order valence-electron chi connectivity index (χ4n) is 1.61. The van der Waals surface area contributed by atoms with Crippen LogP contribution in [-0.2, 0) is 16.0 Å². The van der Waals surface area contributed by atoms with Gasteiger partial charge < -0.3 is 15.2 Å². The van der Waals surface area contributed by atoms with Gasteiger partial charge in [-0.25, -0.2) is 0 Å². The summed E-state index contributed by atoms with van der Waals surface area (Å²) in [5.41, 5.74) is 7.06. The summed E-state index contributed by atoms with van der Waals surface area (Å²) < 4.78 is 9.71. The fraction of sp³-hybridized carbons (Fsp3) is 0.462. The summed E-state index contributed by atoms with van der Waals surface area (Å²) in [6.07, 6.45) is 1.72. The summed E-state index contributed by atoms with van der Waals surface area (Å²) in [5.74, 6) is 0.605. The highest BCUT2D eigenvalue weighted by Crippen LogP contribution is 2.14. The van der Waals surface area contributed by atoms with Crippen LogP contribution in [0.2, 0.25) is 0 Å². The lowest BCUT2D eigenvalue weighted by Gasteiger charge is -2.11. The Morgan fingerprint density at radius 2 is 2.18 bits per heavy atom. The van der Waals surface area contributed by atoms with Crippen molar-refractivity contribution >= 4 is 5.97 Å². The molecule has 0 aliphatic carbocycles. The van der Waals surface area contributed by atoms with Crippen LogP contribution in [0, 0.1) is 0 Å². The molecule has 4 nitrogen and oxygen atoms in total. The van der Waals surface area contributed by atoms with Gasteiger partial charge in [0, 0.05) is 12.5 Å². The maximum Gasteiger partial charge on any atom is 0.305 e. The van der Waals surface area contributed by atoms with Crippen molar-refractivity contribution in [2.75, 3.05) is 14.2 Å². The van der Waals surface area contributed by atoms with Gasteiger partial charge in [0.2, 0.25) is 0 Å². The summed E-state index contributed by atoms with van der Waals surface area (Å²) in [7, 11) is 3.02. The van der Waals surface area contributed by atoms with E-state index in [1.165, 1.54) is 7.11 Å². The zero-order valence-electron chi connectivity index (χ0n) is 10.3. The minimum Gasteiger partial charge on any atom is -0.497 e. The molecule has 1 rings (SSSR count). The minimum absolute atomic E-state index is 0.0405. The van der Waals surface area contributed by atoms with Gasteiger partial charge in [0.25, 0.3) is 0 Å². The number of esters is 1. The summed E-state index contributed by atoms with van der Waals surface area (Å²) in [6, 6.07) is 7.74.